The van der Waals surface area contributed by atoms with E-state index in [2.05, 4.69) is 4.99 Å². The summed E-state index contributed by atoms with van der Waals surface area (Å²) < 4.78 is 18.3. The number of fused-ring (bicyclic) bond motifs is 1. The Morgan fingerprint density at radius 2 is 1.89 bits per heavy atom. The lowest BCUT2D eigenvalue weighted by atomic mass is 9.95. The number of aromatic nitrogens is 1. The molecule has 0 fully saturated rings. The summed E-state index contributed by atoms with van der Waals surface area (Å²) in [6.07, 6.45) is 1.65. The van der Waals surface area contributed by atoms with E-state index in [0.29, 0.717) is 44.3 Å². The van der Waals surface area contributed by atoms with Gasteiger partial charge in [0.05, 0.1) is 47.1 Å². The molecule has 2 aromatic carbocycles. The minimum Gasteiger partial charge on any atom is -0.493 e. The van der Waals surface area contributed by atoms with Crippen LogP contribution >= 0.6 is 11.3 Å². The van der Waals surface area contributed by atoms with Gasteiger partial charge in [-0.2, -0.15) is 0 Å². The van der Waals surface area contributed by atoms with Crippen molar-refractivity contribution < 1.29 is 23.9 Å². The highest BCUT2D eigenvalue weighted by Gasteiger charge is 2.34. The maximum atomic E-state index is 13.7. The molecule has 3 aromatic rings. The number of nitro benzene ring substituents is 1. The summed E-state index contributed by atoms with van der Waals surface area (Å²) >= 11 is 1.17. The first-order valence-corrected chi connectivity index (χ1v) is 12.4. The van der Waals surface area contributed by atoms with Crippen LogP contribution in [0.1, 0.15) is 37.9 Å². The molecule has 0 spiro atoms. The third-order valence-electron chi connectivity index (χ3n) is 5.72. The average Bonchev–Trinajstić information content (AvgIpc) is 3.18. The minimum atomic E-state index is -0.806. The molecule has 2 heterocycles. The Morgan fingerprint density at radius 3 is 2.51 bits per heavy atom. The van der Waals surface area contributed by atoms with Gasteiger partial charge in [-0.1, -0.05) is 17.4 Å². The molecule has 0 saturated carbocycles. The third-order valence-corrected chi connectivity index (χ3v) is 6.70. The quantitative estimate of drug-likeness (QED) is 0.253. The van der Waals surface area contributed by atoms with Crippen molar-refractivity contribution >= 4 is 29.1 Å². The Labute approximate surface area is 215 Å². The number of carbonyl (C=O) groups excluding carboxylic acids is 1. The van der Waals surface area contributed by atoms with E-state index in [4.69, 9.17) is 14.2 Å². The van der Waals surface area contributed by atoms with Crippen molar-refractivity contribution in [1.29, 1.82) is 0 Å². The fourth-order valence-corrected chi connectivity index (χ4v) is 5.13. The predicted molar refractivity (Wildman–Crippen MR) is 138 cm³/mol. The van der Waals surface area contributed by atoms with Crippen LogP contribution in [0.25, 0.3) is 6.08 Å². The van der Waals surface area contributed by atoms with Gasteiger partial charge in [0.1, 0.15) is 0 Å². The third kappa shape index (κ3) is 5.03. The normalized spacial score (nSPS) is 15.1. The van der Waals surface area contributed by atoms with E-state index in [1.165, 1.54) is 35.1 Å². The van der Waals surface area contributed by atoms with Gasteiger partial charge >= 0.3 is 5.97 Å². The number of non-ortho nitro benzene ring substituents is 1. The predicted octanol–water partition coefficient (Wildman–Crippen LogP) is 3.11. The van der Waals surface area contributed by atoms with E-state index in [9.17, 15) is 19.7 Å². The van der Waals surface area contributed by atoms with Gasteiger partial charge in [0, 0.05) is 12.1 Å². The lowest BCUT2D eigenvalue weighted by Gasteiger charge is -2.25. The highest BCUT2D eigenvalue weighted by atomic mass is 32.1. The molecule has 4 rings (SSSR count). The monoisotopic (exact) mass is 523 g/mol. The number of allylic oxidation sites excluding steroid dienone is 1. The topological polar surface area (TPSA) is 122 Å². The fraction of sp³-hybridized carbons (Fsp3) is 0.269. The second kappa shape index (κ2) is 10.8. The van der Waals surface area contributed by atoms with Crippen molar-refractivity contribution in [3.63, 3.8) is 0 Å². The number of nitrogens with zero attached hydrogens (tertiary/aromatic N) is 3. The summed E-state index contributed by atoms with van der Waals surface area (Å²) in [5.41, 5.74) is 1.55. The molecule has 0 N–H and O–H groups in total. The highest BCUT2D eigenvalue weighted by Crippen LogP contribution is 2.36. The van der Waals surface area contributed by atoms with E-state index < -0.39 is 16.9 Å². The highest BCUT2D eigenvalue weighted by molar-refractivity contribution is 7.07. The van der Waals surface area contributed by atoms with E-state index in [1.807, 2.05) is 6.92 Å². The average molecular weight is 524 g/mol. The maximum Gasteiger partial charge on any atom is 0.338 e. The molecular formula is C26H25N3O7S. The van der Waals surface area contributed by atoms with E-state index >= 15 is 0 Å². The summed E-state index contributed by atoms with van der Waals surface area (Å²) in [6, 6.07) is 10.3. The largest absolute Gasteiger partial charge is 0.493 e. The van der Waals surface area contributed by atoms with Gasteiger partial charge in [-0.05, 0) is 62.2 Å². The van der Waals surface area contributed by atoms with Crippen molar-refractivity contribution in [3.05, 3.63) is 94.7 Å². The van der Waals surface area contributed by atoms with Crippen LogP contribution in [0.4, 0.5) is 5.69 Å². The Balaban J connectivity index is 1.93. The fourth-order valence-electron chi connectivity index (χ4n) is 4.08. The molecule has 1 atom stereocenters. The zero-order chi connectivity index (χ0) is 26.7. The van der Waals surface area contributed by atoms with Crippen molar-refractivity contribution in [1.82, 2.24) is 4.57 Å². The number of methoxy groups -OCH3 is 1. The van der Waals surface area contributed by atoms with Crippen LogP contribution in [0.15, 0.2) is 63.5 Å². The lowest BCUT2D eigenvalue weighted by Crippen LogP contribution is -2.40. The van der Waals surface area contributed by atoms with Crippen molar-refractivity contribution in [2.24, 2.45) is 4.99 Å². The van der Waals surface area contributed by atoms with Crippen LogP contribution < -0.4 is 24.4 Å². The number of hydrogen-bond donors (Lipinski definition) is 0. The van der Waals surface area contributed by atoms with Gasteiger partial charge in [0.25, 0.3) is 11.2 Å². The molecule has 0 unspecified atom stereocenters. The molecule has 1 aliphatic rings. The zero-order valence-corrected chi connectivity index (χ0v) is 21.5. The standard InChI is InChI=1S/C26H25N3O7S/c1-5-35-20-14-17(9-12-19(20)34-4)23-22(25(31)36-6-2)15(3)27-26-28(23)24(30)21(37-26)13-16-7-10-18(11-8-16)29(32)33/h7-14,23H,5-6H2,1-4H3/b21-13-/t23-/m1/s1. The number of thiazole rings is 1. The SMILES string of the molecule is CCOC(=O)C1=C(C)N=c2s/c(=C\c3ccc([N+](=O)[O-])cc3)c(=O)n2[C@@H]1c1ccc(OC)c(OCC)c1. The van der Waals surface area contributed by atoms with Gasteiger partial charge in [0.2, 0.25) is 0 Å². The van der Waals surface area contributed by atoms with Crippen LogP contribution in [0.5, 0.6) is 11.5 Å². The summed E-state index contributed by atoms with van der Waals surface area (Å²) in [7, 11) is 1.53. The Kier molecular flexibility index (Phi) is 7.53. The number of carbonyl (C=O) groups is 1. The van der Waals surface area contributed by atoms with Crippen LogP contribution in [0.3, 0.4) is 0 Å². The molecule has 0 aliphatic carbocycles. The molecule has 10 nitrogen and oxygen atoms in total. The number of ether oxygens (including phenoxy) is 3. The molecule has 0 amide bonds. The minimum absolute atomic E-state index is 0.0436. The molecule has 37 heavy (non-hydrogen) atoms. The second-order valence-electron chi connectivity index (χ2n) is 7.99. The second-order valence-corrected chi connectivity index (χ2v) is 9.00. The smallest absolute Gasteiger partial charge is 0.338 e. The summed E-state index contributed by atoms with van der Waals surface area (Å²) in [5.74, 6) is 0.440. The molecule has 0 radical (unpaired) electrons. The van der Waals surface area contributed by atoms with Crippen LogP contribution in [0.2, 0.25) is 0 Å². The van der Waals surface area contributed by atoms with Gasteiger partial charge in [0.15, 0.2) is 16.3 Å². The number of rotatable bonds is 8. The molecule has 1 aromatic heterocycles. The number of esters is 1. The summed E-state index contributed by atoms with van der Waals surface area (Å²) in [4.78, 5) is 42.2. The van der Waals surface area contributed by atoms with Crippen molar-refractivity contribution in [2.75, 3.05) is 20.3 Å². The first-order chi connectivity index (χ1) is 17.8. The maximum absolute atomic E-state index is 13.7. The molecule has 1 aliphatic heterocycles. The first-order valence-electron chi connectivity index (χ1n) is 11.5. The molecule has 0 bridgehead atoms. The lowest BCUT2D eigenvalue weighted by molar-refractivity contribution is -0.384. The summed E-state index contributed by atoms with van der Waals surface area (Å²) in [6.45, 7) is 5.83. The molecular weight excluding hydrogens is 498 g/mol. The number of hydrogen-bond acceptors (Lipinski definition) is 9. The van der Waals surface area contributed by atoms with E-state index in [-0.39, 0.29) is 23.4 Å². The zero-order valence-electron chi connectivity index (χ0n) is 20.7. The Morgan fingerprint density at radius 1 is 1.16 bits per heavy atom. The van der Waals surface area contributed by atoms with Crippen LogP contribution in [0, 0.1) is 10.1 Å². The number of nitro groups is 1. The van der Waals surface area contributed by atoms with Crippen molar-refractivity contribution in [3.8, 4) is 11.5 Å². The van der Waals surface area contributed by atoms with Crippen LogP contribution in [-0.2, 0) is 9.53 Å². The van der Waals surface area contributed by atoms with Gasteiger partial charge < -0.3 is 14.2 Å². The van der Waals surface area contributed by atoms with Crippen LogP contribution in [-0.4, -0.2) is 35.8 Å². The van der Waals surface area contributed by atoms with Gasteiger partial charge in [-0.3, -0.25) is 19.5 Å². The molecule has 11 heteroatoms. The Hall–Kier alpha value is -4.25. The molecule has 192 valence electrons. The van der Waals surface area contributed by atoms with E-state index in [1.54, 1.807) is 50.3 Å². The van der Waals surface area contributed by atoms with E-state index in [0.717, 1.165) is 0 Å². The van der Waals surface area contributed by atoms with Gasteiger partial charge in [-0.15, -0.1) is 0 Å². The van der Waals surface area contributed by atoms with Gasteiger partial charge in [-0.25, -0.2) is 9.79 Å². The Bertz CT molecular complexity index is 1570. The molecule has 0 saturated heterocycles. The van der Waals surface area contributed by atoms with Crippen molar-refractivity contribution in [2.45, 2.75) is 26.8 Å². The number of benzene rings is 2. The summed E-state index contributed by atoms with van der Waals surface area (Å²) in [5, 5.41) is 11.0. The first kappa shape index (κ1) is 25.8.